The minimum absolute atomic E-state index is 0.771. The zero-order valence-electron chi connectivity index (χ0n) is 48.2. The monoisotopic (exact) mass is 1130 g/mol. The van der Waals surface area contributed by atoms with Crippen molar-refractivity contribution < 1.29 is 8.83 Å². The van der Waals surface area contributed by atoms with E-state index in [0.29, 0.717) is 0 Å². The van der Waals surface area contributed by atoms with Gasteiger partial charge in [-0.15, -0.1) is 0 Å². The summed E-state index contributed by atoms with van der Waals surface area (Å²) in [5, 5.41) is 11.4. The number of anilines is 6. The lowest BCUT2D eigenvalue weighted by atomic mass is 9.69. The largest absolute Gasteiger partial charge is 0.454 e. The molecule has 414 valence electrons. The second-order valence-corrected chi connectivity index (χ2v) is 23.7. The summed E-state index contributed by atoms with van der Waals surface area (Å²) >= 11 is 0. The van der Waals surface area contributed by atoms with Crippen molar-refractivity contribution in [1.82, 2.24) is 0 Å². The number of fused-ring (bicyclic) bond motifs is 23. The Morgan fingerprint density at radius 3 is 1.27 bits per heavy atom. The van der Waals surface area contributed by atoms with E-state index >= 15 is 0 Å². The molecule has 0 atom stereocenters. The van der Waals surface area contributed by atoms with Gasteiger partial charge in [0.2, 0.25) is 0 Å². The molecule has 0 unspecified atom stereocenters. The first-order chi connectivity index (χ1) is 44.2. The predicted octanol–water partition coefficient (Wildman–Crippen LogP) is 23.6. The first kappa shape index (κ1) is 49.5. The van der Waals surface area contributed by atoms with Crippen molar-refractivity contribution in [2.75, 3.05) is 9.80 Å². The maximum absolute atomic E-state index is 7.05. The number of rotatable bonds is 8. The van der Waals surface area contributed by atoms with Gasteiger partial charge in [0, 0.05) is 44.0 Å². The minimum Gasteiger partial charge on any atom is -0.454 e. The molecule has 0 N–H and O–H groups in total. The number of nitrogens with zero attached hydrogens (tertiary/aromatic N) is 2. The quantitative estimate of drug-likeness (QED) is 0.142. The van der Waals surface area contributed by atoms with Crippen LogP contribution in [0.2, 0.25) is 0 Å². The van der Waals surface area contributed by atoms with Gasteiger partial charge in [0.25, 0.3) is 0 Å². The van der Waals surface area contributed by atoms with E-state index in [1.54, 1.807) is 0 Å². The first-order valence-electron chi connectivity index (χ1n) is 30.6. The van der Waals surface area contributed by atoms with E-state index in [4.69, 9.17) is 8.83 Å². The summed E-state index contributed by atoms with van der Waals surface area (Å²) in [7, 11) is 0. The molecular weight excluding hydrogens is 1080 g/mol. The lowest BCUT2D eigenvalue weighted by Gasteiger charge is -2.34. The topological polar surface area (TPSA) is 32.8 Å². The standard InChI is InChI=1S/C85H52N2O2/c1-3-23-53(24-4-1)55-27-19-29-57(49-55)86(75-43-21-39-69-64-35-13-17-45-78(64)88-83(69)75)59-47-48-68-71(51-59)60-31-7-9-37-66(60)81-80-67-38-10-8-34-63(67)77(52-74(80)85(82(68)81)72-41-15-11-32-61(72)62-33-12-16-42-73(62)85)87(58-30-20-28-56(50-58)54-25-5-2-6-26-54)76-44-22-40-70-65-36-14-18-46-79(65)89-84(70)76/h1-52H. The normalized spacial score (nSPS) is 12.8. The molecule has 0 amide bonds. The van der Waals surface area contributed by atoms with E-state index in [1.807, 2.05) is 0 Å². The van der Waals surface area contributed by atoms with E-state index in [9.17, 15) is 0 Å². The fourth-order valence-electron chi connectivity index (χ4n) is 15.6. The van der Waals surface area contributed by atoms with Crippen molar-refractivity contribution in [1.29, 1.82) is 0 Å². The molecule has 2 aromatic heterocycles. The number of hydrogen-bond acceptors (Lipinski definition) is 4. The Labute approximate surface area is 513 Å². The maximum atomic E-state index is 7.05. The minimum atomic E-state index is -0.771. The fraction of sp³-hybridized carbons (Fsp3) is 0.0118. The van der Waals surface area contributed by atoms with Gasteiger partial charge in [0.15, 0.2) is 11.2 Å². The van der Waals surface area contributed by atoms with Gasteiger partial charge in [0.05, 0.1) is 22.5 Å². The van der Waals surface area contributed by atoms with Gasteiger partial charge in [0.1, 0.15) is 11.2 Å². The molecule has 0 aliphatic heterocycles. The molecule has 0 bridgehead atoms. The van der Waals surface area contributed by atoms with E-state index in [1.165, 1.54) is 71.4 Å². The summed E-state index contributed by atoms with van der Waals surface area (Å²) in [5.41, 5.74) is 23.4. The highest BCUT2D eigenvalue weighted by atomic mass is 16.3. The van der Waals surface area contributed by atoms with Gasteiger partial charge in [-0.05, 0) is 160 Å². The summed E-state index contributed by atoms with van der Waals surface area (Å²) in [6, 6.07) is 116. The first-order valence-corrected chi connectivity index (χ1v) is 30.6. The molecular formula is C85H52N2O2. The molecule has 0 fully saturated rings. The van der Waals surface area contributed by atoms with E-state index < -0.39 is 5.41 Å². The third-order valence-electron chi connectivity index (χ3n) is 19.2. The zero-order valence-corrected chi connectivity index (χ0v) is 48.2. The lowest BCUT2D eigenvalue weighted by molar-refractivity contribution is 0.668. The van der Waals surface area contributed by atoms with Crippen LogP contribution in [0.4, 0.5) is 34.1 Å². The van der Waals surface area contributed by atoms with Crippen LogP contribution in [0.1, 0.15) is 22.3 Å². The second kappa shape index (κ2) is 19.1. The Balaban J connectivity index is 0.927. The summed E-state index contributed by atoms with van der Waals surface area (Å²) in [6.07, 6.45) is 0. The predicted molar refractivity (Wildman–Crippen MR) is 370 cm³/mol. The number of hydrogen-bond donors (Lipinski definition) is 0. The molecule has 1 spiro atoms. The third-order valence-corrected chi connectivity index (χ3v) is 19.2. The van der Waals surface area contributed by atoms with Crippen molar-refractivity contribution >= 4 is 110 Å². The Morgan fingerprint density at radius 1 is 0.236 bits per heavy atom. The zero-order chi connectivity index (χ0) is 58.3. The Kier molecular flexibility index (Phi) is 10.7. The van der Waals surface area contributed by atoms with Crippen LogP contribution in [0.3, 0.4) is 0 Å². The average molecular weight is 1130 g/mol. The van der Waals surface area contributed by atoms with Crippen LogP contribution in [0.5, 0.6) is 0 Å². The van der Waals surface area contributed by atoms with Gasteiger partial charge < -0.3 is 18.6 Å². The van der Waals surface area contributed by atoms with Crippen LogP contribution in [-0.2, 0) is 5.41 Å². The Bertz CT molecular complexity index is 5730. The van der Waals surface area contributed by atoms with Gasteiger partial charge >= 0.3 is 0 Å². The maximum Gasteiger partial charge on any atom is 0.159 e. The molecule has 2 aliphatic rings. The second-order valence-electron chi connectivity index (χ2n) is 23.7. The summed E-state index contributed by atoms with van der Waals surface area (Å²) in [6.45, 7) is 0. The summed E-state index contributed by atoms with van der Waals surface area (Å²) < 4.78 is 14.0. The number of furan rings is 2. The van der Waals surface area contributed by atoms with E-state index in [0.717, 1.165) is 106 Å². The highest BCUT2D eigenvalue weighted by molar-refractivity contribution is 6.25. The summed E-state index contributed by atoms with van der Waals surface area (Å²) in [4.78, 5) is 4.89. The van der Waals surface area contributed by atoms with Gasteiger partial charge in [-0.25, -0.2) is 0 Å². The van der Waals surface area contributed by atoms with Crippen LogP contribution in [0, 0.1) is 0 Å². The molecule has 19 rings (SSSR count). The van der Waals surface area contributed by atoms with Crippen molar-refractivity contribution in [3.05, 3.63) is 338 Å². The molecule has 2 aliphatic carbocycles. The number of para-hydroxylation sites is 4. The Hall–Kier alpha value is -11.7. The Morgan fingerprint density at radius 2 is 0.674 bits per heavy atom. The van der Waals surface area contributed by atoms with Crippen LogP contribution in [-0.4, -0.2) is 0 Å². The molecule has 0 saturated heterocycles. The lowest BCUT2D eigenvalue weighted by Crippen LogP contribution is -2.26. The SMILES string of the molecule is c1ccc(-c2cccc(N(c3ccc4c5c(c6ccccc6c4c3)-c3c(cc(N(c4cccc(-c6ccccc6)c4)c4cccc6c4oc4ccccc46)c4ccccc34)C53c4ccccc4-c4ccccc43)c3cccc4c3oc3ccccc34)c2)cc1. The van der Waals surface area contributed by atoms with Gasteiger partial charge in [-0.1, -0.05) is 249 Å². The van der Waals surface area contributed by atoms with Crippen molar-refractivity contribution in [3.8, 4) is 44.5 Å². The van der Waals surface area contributed by atoms with Crippen LogP contribution >= 0.6 is 0 Å². The van der Waals surface area contributed by atoms with Crippen LogP contribution in [0.15, 0.2) is 324 Å². The fourth-order valence-corrected chi connectivity index (χ4v) is 15.6. The van der Waals surface area contributed by atoms with E-state index in [-0.39, 0.29) is 0 Å². The van der Waals surface area contributed by atoms with Crippen LogP contribution in [0.25, 0.3) is 121 Å². The van der Waals surface area contributed by atoms with Crippen molar-refractivity contribution in [2.45, 2.75) is 5.41 Å². The smallest absolute Gasteiger partial charge is 0.159 e. The highest BCUT2D eigenvalue weighted by Gasteiger charge is 2.54. The molecule has 0 radical (unpaired) electrons. The van der Waals surface area contributed by atoms with Gasteiger partial charge in [-0.2, -0.15) is 0 Å². The average Bonchev–Trinajstić information content (AvgIpc) is 1.49. The molecule has 4 nitrogen and oxygen atoms in total. The molecule has 17 aromatic rings. The highest BCUT2D eigenvalue weighted by Crippen LogP contribution is 2.68. The molecule has 15 aromatic carbocycles. The molecule has 89 heavy (non-hydrogen) atoms. The van der Waals surface area contributed by atoms with Gasteiger partial charge in [-0.3, -0.25) is 0 Å². The van der Waals surface area contributed by atoms with Crippen molar-refractivity contribution in [3.63, 3.8) is 0 Å². The van der Waals surface area contributed by atoms with Crippen LogP contribution < -0.4 is 9.80 Å². The molecule has 4 heteroatoms. The molecule has 0 saturated carbocycles. The summed E-state index contributed by atoms with van der Waals surface area (Å²) in [5.74, 6) is 0. The van der Waals surface area contributed by atoms with E-state index in [2.05, 4.69) is 325 Å². The van der Waals surface area contributed by atoms with Crippen molar-refractivity contribution in [2.24, 2.45) is 0 Å². The third kappa shape index (κ3) is 7.11. The number of benzene rings is 15. The molecule has 2 heterocycles.